The first-order valence-corrected chi connectivity index (χ1v) is 8.73. The molecule has 0 aromatic carbocycles. The van der Waals surface area contributed by atoms with Gasteiger partial charge in [0.1, 0.15) is 6.04 Å². The van der Waals surface area contributed by atoms with Crippen LogP contribution in [-0.2, 0) is 22.1 Å². The predicted molar refractivity (Wildman–Crippen MR) is 82.2 cm³/mol. The molecule has 1 aliphatic rings. The summed E-state index contributed by atoms with van der Waals surface area (Å²) in [7, 11) is -0.495. The van der Waals surface area contributed by atoms with Gasteiger partial charge in [-0.15, -0.1) is 0 Å². The van der Waals surface area contributed by atoms with E-state index in [9.17, 15) is 13.2 Å². The monoisotopic (exact) mass is 329 g/mol. The number of aromatic nitrogens is 2. The highest BCUT2D eigenvalue weighted by Crippen LogP contribution is 2.29. The van der Waals surface area contributed by atoms with E-state index >= 15 is 0 Å². The van der Waals surface area contributed by atoms with E-state index in [-0.39, 0.29) is 5.91 Å². The van der Waals surface area contributed by atoms with Crippen LogP contribution in [0.1, 0.15) is 37.1 Å². The molecule has 0 bridgehead atoms. The van der Waals surface area contributed by atoms with Crippen LogP contribution in [0, 0.1) is 6.92 Å². The number of carbonyl (C=O) groups excluding carboxylic acids is 1. The first-order valence-electron chi connectivity index (χ1n) is 7.29. The van der Waals surface area contributed by atoms with Gasteiger partial charge in [0, 0.05) is 32.4 Å². The molecular weight excluding hydrogens is 306 g/mol. The number of likely N-dealkylation sites (N-methyl/N-ethyl adjacent to an activating group) is 1. The predicted octanol–water partition coefficient (Wildman–Crippen LogP) is -0.166. The van der Waals surface area contributed by atoms with E-state index in [0.29, 0.717) is 13.0 Å². The number of hydrogen-bond donors (Lipinski definition) is 2. The highest BCUT2D eigenvalue weighted by Gasteiger charge is 2.41. The zero-order valence-corrected chi connectivity index (χ0v) is 14.1. The maximum atomic E-state index is 12.3. The summed E-state index contributed by atoms with van der Waals surface area (Å²) >= 11 is 0. The van der Waals surface area contributed by atoms with Gasteiger partial charge in [-0.1, -0.05) is 6.92 Å². The van der Waals surface area contributed by atoms with Crippen LogP contribution in [0.5, 0.6) is 0 Å². The van der Waals surface area contributed by atoms with Crippen molar-refractivity contribution in [2.75, 3.05) is 13.6 Å². The summed E-state index contributed by atoms with van der Waals surface area (Å²) in [6.07, 6.45) is 2.96. The normalized spacial score (nSPS) is 25.1. The molecule has 1 fully saturated rings. The van der Waals surface area contributed by atoms with E-state index in [1.54, 1.807) is 17.9 Å². The van der Waals surface area contributed by atoms with E-state index in [2.05, 4.69) is 15.1 Å². The average molecular weight is 329 g/mol. The van der Waals surface area contributed by atoms with E-state index in [0.717, 1.165) is 22.0 Å². The molecule has 0 unspecified atom stereocenters. The van der Waals surface area contributed by atoms with E-state index in [4.69, 9.17) is 0 Å². The minimum Gasteiger partial charge on any atom is -0.355 e. The third-order valence-corrected chi connectivity index (χ3v) is 5.44. The zero-order valence-electron chi connectivity index (χ0n) is 13.3. The molecule has 9 heteroatoms. The van der Waals surface area contributed by atoms with Crippen LogP contribution >= 0.6 is 0 Å². The molecule has 22 heavy (non-hydrogen) atoms. The zero-order chi connectivity index (χ0) is 16.5. The molecule has 1 amide bonds. The highest BCUT2D eigenvalue weighted by molar-refractivity contribution is 7.87. The summed E-state index contributed by atoms with van der Waals surface area (Å²) in [5.41, 5.74) is 1.56. The van der Waals surface area contributed by atoms with Crippen LogP contribution in [0.25, 0.3) is 0 Å². The lowest BCUT2D eigenvalue weighted by Crippen LogP contribution is -2.57. The molecule has 1 aromatic rings. The summed E-state index contributed by atoms with van der Waals surface area (Å²) in [5.74, 6) is -0.263. The van der Waals surface area contributed by atoms with Gasteiger partial charge in [-0.25, -0.2) is 0 Å². The number of nitrogens with zero attached hydrogens (tertiary/aromatic N) is 3. The summed E-state index contributed by atoms with van der Waals surface area (Å²) in [5, 5.41) is 7.01. The fraction of sp³-hybridized carbons (Fsp3) is 0.692. The topological polar surface area (TPSA) is 96.3 Å². The number of hydrogen-bond acceptors (Lipinski definition) is 4. The van der Waals surface area contributed by atoms with Crippen molar-refractivity contribution in [3.05, 3.63) is 17.5 Å². The molecule has 1 aliphatic heterocycles. The van der Waals surface area contributed by atoms with Gasteiger partial charge in [0.25, 0.3) is 10.2 Å². The van der Waals surface area contributed by atoms with Crippen molar-refractivity contribution in [2.24, 2.45) is 7.05 Å². The fourth-order valence-corrected chi connectivity index (χ4v) is 3.90. The lowest BCUT2D eigenvalue weighted by molar-refractivity contribution is -0.125. The summed E-state index contributed by atoms with van der Waals surface area (Å²) < 4.78 is 29.9. The number of rotatable bonds is 4. The van der Waals surface area contributed by atoms with Gasteiger partial charge in [-0.05, 0) is 19.8 Å². The Hall–Kier alpha value is -1.45. The molecule has 2 rings (SSSR count). The molecule has 0 radical (unpaired) electrons. The standard InChI is InChI=1S/C13H23N5O3S/c1-5-6-14-13(19)12-7-11(16-22(20,21)18(12)4)10-8-17(3)15-9(10)2/h8,11-12,16H,5-7H2,1-4H3,(H,14,19)/t11-,12+/m1/s1. The largest absolute Gasteiger partial charge is 0.355 e. The van der Waals surface area contributed by atoms with Gasteiger partial charge in [0.05, 0.1) is 11.7 Å². The molecule has 0 spiro atoms. The van der Waals surface area contributed by atoms with Gasteiger partial charge in [-0.3, -0.25) is 9.48 Å². The second-order valence-electron chi connectivity index (χ2n) is 5.58. The average Bonchev–Trinajstić information content (AvgIpc) is 2.77. The van der Waals surface area contributed by atoms with E-state index in [1.165, 1.54) is 7.05 Å². The van der Waals surface area contributed by atoms with E-state index in [1.807, 2.05) is 13.8 Å². The molecule has 2 heterocycles. The number of amides is 1. The number of carbonyl (C=O) groups is 1. The Bertz CT molecular complexity index is 655. The van der Waals surface area contributed by atoms with Crippen molar-refractivity contribution in [1.29, 1.82) is 0 Å². The smallest absolute Gasteiger partial charge is 0.280 e. The number of aryl methyl sites for hydroxylation is 2. The maximum absolute atomic E-state index is 12.3. The van der Waals surface area contributed by atoms with Crippen LogP contribution < -0.4 is 10.0 Å². The Labute approximate surface area is 131 Å². The molecule has 2 N–H and O–H groups in total. The third kappa shape index (κ3) is 3.31. The van der Waals surface area contributed by atoms with Crippen LogP contribution in [0.3, 0.4) is 0 Å². The van der Waals surface area contributed by atoms with Gasteiger partial charge in [0.2, 0.25) is 5.91 Å². The van der Waals surface area contributed by atoms with Gasteiger partial charge in [0.15, 0.2) is 0 Å². The fourth-order valence-electron chi connectivity index (χ4n) is 2.64. The van der Waals surface area contributed by atoms with Crippen molar-refractivity contribution < 1.29 is 13.2 Å². The second-order valence-corrected chi connectivity index (χ2v) is 7.34. The molecule has 8 nitrogen and oxygen atoms in total. The summed E-state index contributed by atoms with van der Waals surface area (Å²) in [4.78, 5) is 12.3. The lowest BCUT2D eigenvalue weighted by Gasteiger charge is -2.36. The Morgan fingerprint density at radius 2 is 2.18 bits per heavy atom. The Balaban J connectivity index is 2.28. The second kappa shape index (κ2) is 6.35. The van der Waals surface area contributed by atoms with Crippen molar-refractivity contribution in [3.63, 3.8) is 0 Å². The maximum Gasteiger partial charge on any atom is 0.280 e. The lowest BCUT2D eigenvalue weighted by atomic mass is 10.00. The molecular formula is C13H23N5O3S. The van der Waals surface area contributed by atoms with Crippen molar-refractivity contribution in [2.45, 2.75) is 38.8 Å². The first kappa shape index (κ1) is 16.9. The van der Waals surface area contributed by atoms with Crippen molar-refractivity contribution in [3.8, 4) is 0 Å². The van der Waals surface area contributed by atoms with Gasteiger partial charge < -0.3 is 5.32 Å². The van der Waals surface area contributed by atoms with E-state index < -0.39 is 22.3 Å². The SMILES string of the molecule is CCCNC(=O)[C@@H]1C[C@H](c2cn(C)nc2C)NS(=O)(=O)N1C. The Morgan fingerprint density at radius 3 is 2.73 bits per heavy atom. The van der Waals surface area contributed by atoms with Crippen LogP contribution in [0.4, 0.5) is 0 Å². The molecule has 1 aromatic heterocycles. The first-order chi connectivity index (χ1) is 10.3. The van der Waals surface area contributed by atoms with Crippen LogP contribution in [0.15, 0.2) is 6.20 Å². The highest BCUT2D eigenvalue weighted by atomic mass is 32.2. The third-order valence-electron chi connectivity index (χ3n) is 3.85. The Morgan fingerprint density at radius 1 is 1.50 bits per heavy atom. The number of nitrogens with one attached hydrogen (secondary N) is 2. The molecule has 0 aliphatic carbocycles. The van der Waals surface area contributed by atoms with Crippen LogP contribution in [-0.4, -0.2) is 48.0 Å². The van der Waals surface area contributed by atoms with Gasteiger partial charge in [-0.2, -0.15) is 22.5 Å². The van der Waals surface area contributed by atoms with Crippen molar-refractivity contribution >= 4 is 16.1 Å². The summed E-state index contributed by atoms with van der Waals surface area (Å²) in [6.45, 7) is 4.31. The van der Waals surface area contributed by atoms with Gasteiger partial charge >= 0.3 is 0 Å². The minimum absolute atomic E-state index is 0.263. The minimum atomic E-state index is -3.70. The molecule has 124 valence electrons. The summed E-state index contributed by atoms with van der Waals surface area (Å²) in [6, 6.07) is -1.17. The van der Waals surface area contributed by atoms with Crippen LogP contribution in [0.2, 0.25) is 0 Å². The molecule has 0 saturated carbocycles. The molecule has 2 atom stereocenters. The Kier molecular flexibility index (Phi) is 4.88. The molecule has 1 saturated heterocycles. The quantitative estimate of drug-likeness (QED) is 0.802. The van der Waals surface area contributed by atoms with Crippen molar-refractivity contribution in [1.82, 2.24) is 24.1 Å².